The quantitative estimate of drug-likeness (QED) is 0.384. The van der Waals surface area contributed by atoms with E-state index in [0.29, 0.717) is 15.0 Å². The van der Waals surface area contributed by atoms with Gasteiger partial charge in [-0.15, -0.1) is 0 Å². The Morgan fingerprint density at radius 3 is 2.62 bits per heavy atom. The first kappa shape index (κ1) is 15.3. The van der Waals surface area contributed by atoms with Crippen molar-refractivity contribution in [3.8, 4) is 5.75 Å². The number of nitrogens with zero attached hydrogens (tertiary/aromatic N) is 1. The molecular formula is C15H17Br2NO3. The van der Waals surface area contributed by atoms with E-state index in [4.69, 9.17) is 4.74 Å². The van der Waals surface area contributed by atoms with E-state index in [1.807, 2.05) is 0 Å². The fourth-order valence-electron chi connectivity index (χ4n) is 3.61. The average Bonchev–Trinajstić information content (AvgIpc) is 2.49. The van der Waals surface area contributed by atoms with Gasteiger partial charge < -0.3 is 4.74 Å². The predicted molar refractivity (Wildman–Crippen MR) is 88.1 cm³/mol. The number of nitro groups is 1. The Balaban J connectivity index is 1.86. The number of para-hydroxylation sites is 1. The molecule has 2 aliphatic rings. The lowest BCUT2D eigenvalue weighted by Gasteiger charge is -2.55. The summed E-state index contributed by atoms with van der Waals surface area (Å²) in [5.74, 6) is 0.372. The molecule has 0 N–H and O–H groups in total. The maximum absolute atomic E-state index is 11.2. The van der Waals surface area contributed by atoms with Gasteiger partial charge in [0.25, 0.3) is 0 Å². The second kappa shape index (κ2) is 5.88. The van der Waals surface area contributed by atoms with Crippen molar-refractivity contribution in [3.05, 3.63) is 32.8 Å². The van der Waals surface area contributed by atoms with Gasteiger partial charge in [-0.1, -0.05) is 41.3 Å². The van der Waals surface area contributed by atoms with Crippen molar-refractivity contribution in [2.24, 2.45) is 5.41 Å². The lowest BCUT2D eigenvalue weighted by molar-refractivity contribution is -0.386. The monoisotopic (exact) mass is 417 g/mol. The molecule has 0 bridgehead atoms. The minimum absolute atomic E-state index is 0.0355. The van der Waals surface area contributed by atoms with Crippen molar-refractivity contribution in [1.29, 1.82) is 0 Å². The van der Waals surface area contributed by atoms with Gasteiger partial charge in [0.05, 0.1) is 9.40 Å². The molecule has 0 radical (unpaired) electrons. The first-order valence-corrected chi connectivity index (χ1v) is 8.99. The average molecular weight is 419 g/mol. The summed E-state index contributed by atoms with van der Waals surface area (Å²) in [5.41, 5.74) is 0.190. The first-order chi connectivity index (χ1) is 10.0. The summed E-state index contributed by atoms with van der Waals surface area (Å²) in [4.78, 5) is 11.3. The van der Waals surface area contributed by atoms with Crippen molar-refractivity contribution >= 4 is 37.5 Å². The Labute approximate surface area is 140 Å². The summed E-state index contributed by atoms with van der Waals surface area (Å²) in [6.07, 6.45) is 7.00. The minimum Gasteiger partial charge on any atom is -0.482 e. The maximum atomic E-state index is 11.2. The van der Waals surface area contributed by atoms with E-state index in [2.05, 4.69) is 31.9 Å². The lowest BCUT2D eigenvalue weighted by atomic mass is 9.58. The van der Waals surface area contributed by atoms with Crippen LogP contribution in [0.25, 0.3) is 0 Å². The van der Waals surface area contributed by atoms with Crippen LogP contribution >= 0.6 is 31.9 Å². The lowest BCUT2D eigenvalue weighted by Crippen LogP contribution is -2.57. The summed E-state index contributed by atoms with van der Waals surface area (Å²) >= 11 is 7.16. The van der Waals surface area contributed by atoms with Gasteiger partial charge in [-0.25, -0.2) is 0 Å². The van der Waals surface area contributed by atoms with Gasteiger partial charge in [-0.3, -0.25) is 10.1 Å². The molecule has 21 heavy (non-hydrogen) atoms. The normalized spacial score (nSPS) is 27.1. The molecule has 0 saturated heterocycles. The van der Waals surface area contributed by atoms with Gasteiger partial charge in [0, 0.05) is 16.3 Å². The van der Waals surface area contributed by atoms with E-state index < -0.39 is 0 Å². The summed E-state index contributed by atoms with van der Waals surface area (Å²) in [6, 6.07) is 4.96. The molecule has 1 spiro atoms. The second-order valence-electron chi connectivity index (χ2n) is 5.95. The van der Waals surface area contributed by atoms with Crippen molar-refractivity contribution in [2.75, 3.05) is 0 Å². The molecule has 0 aromatic heterocycles. The Morgan fingerprint density at radius 1 is 1.29 bits per heavy atom. The van der Waals surface area contributed by atoms with E-state index in [0.717, 1.165) is 19.3 Å². The third-order valence-electron chi connectivity index (χ3n) is 4.87. The molecule has 2 unspecified atom stereocenters. The molecule has 114 valence electrons. The second-order valence-corrected chi connectivity index (χ2v) is 7.91. The highest BCUT2D eigenvalue weighted by Gasteiger charge is 2.55. The molecule has 1 aromatic rings. The number of benzene rings is 1. The van der Waals surface area contributed by atoms with Crippen molar-refractivity contribution in [2.45, 2.75) is 49.5 Å². The zero-order valence-electron chi connectivity index (χ0n) is 11.6. The summed E-state index contributed by atoms with van der Waals surface area (Å²) < 4.78 is 6.77. The number of hydrogen-bond acceptors (Lipinski definition) is 3. The molecule has 0 heterocycles. The zero-order chi connectivity index (χ0) is 15.0. The molecule has 4 nitrogen and oxygen atoms in total. The van der Waals surface area contributed by atoms with E-state index in [-0.39, 0.29) is 22.1 Å². The Kier molecular flexibility index (Phi) is 4.28. The molecular weight excluding hydrogens is 402 g/mol. The number of rotatable bonds is 3. The van der Waals surface area contributed by atoms with Crippen LogP contribution in [0.15, 0.2) is 22.7 Å². The minimum atomic E-state index is -0.377. The van der Waals surface area contributed by atoms with E-state index in [1.165, 1.54) is 25.3 Å². The van der Waals surface area contributed by atoms with Crippen molar-refractivity contribution < 1.29 is 9.66 Å². The van der Waals surface area contributed by atoms with E-state index >= 15 is 0 Å². The van der Waals surface area contributed by atoms with Crippen LogP contribution in [0, 0.1) is 15.5 Å². The predicted octanol–water partition coefficient (Wildman–Crippen LogP) is 5.22. The summed E-state index contributed by atoms with van der Waals surface area (Å²) in [6.45, 7) is 0. The SMILES string of the molecule is O=[N+]([O-])c1cccc(Br)c1OC1CC(Br)C12CCCCC2. The van der Waals surface area contributed by atoms with Gasteiger partial charge in [0.1, 0.15) is 6.10 Å². The van der Waals surface area contributed by atoms with E-state index in [1.54, 1.807) is 12.1 Å². The molecule has 1 aromatic carbocycles. The molecule has 2 saturated carbocycles. The number of alkyl halides is 1. The Hall–Kier alpha value is -0.620. The molecule has 3 rings (SSSR count). The van der Waals surface area contributed by atoms with Gasteiger partial charge in [-0.2, -0.15) is 0 Å². The fourth-order valence-corrected chi connectivity index (χ4v) is 5.15. The molecule has 2 aliphatic carbocycles. The smallest absolute Gasteiger partial charge is 0.312 e. The molecule has 0 aliphatic heterocycles. The Morgan fingerprint density at radius 2 is 2.00 bits per heavy atom. The van der Waals surface area contributed by atoms with Crippen molar-refractivity contribution in [3.63, 3.8) is 0 Å². The topological polar surface area (TPSA) is 52.4 Å². The fraction of sp³-hybridized carbons (Fsp3) is 0.600. The maximum Gasteiger partial charge on any atom is 0.312 e. The molecule has 2 fully saturated rings. The molecule has 2 atom stereocenters. The van der Waals surface area contributed by atoms with Crippen molar-refractivity contribution in [1.82, 2.24) is 0 Å². The van der Waals surface area contributed by atoms with Crippen LogP contribution < -0.4 is 4.74 Å². The largest absolute Gasteiger partial charge is 0.482 e. The highest BCUT2D eigenvalue weighted by Crippen LogP contribution is 2.57. The van der Waals surface area contributed by atoms with Gasteiger partial charge in [0.15, 0.2) is 0 Å². The van der Waals surface area contributed by atoms with Crippen LogP contribution in [-0.2, 0) is 0 Å². The Bertz CT molecular complexity index is 558. The third kappa shape index (κ3) is 2.61. The van der Waals surface area contributed by atoms with E-state index in [9.17, 15) is 10.1 Å². The molecule has 6 heteroatoms. The number of nitro benzene ring substituents is 1. The third-order valence-corrected chi connectivity index (χ3v) is 6.78. The van der Waals surface area contributed by atoms with Gasteiger partial charge in [-0.05, 0) is 41.3 Å². The van der Waals surface area contributed by atoms with Crippen LogP contribution in [0.3, 0.4) is 0 Å². The molecule has 0 amide bonds. The number of hydrogen-bond donors (Lipinski definition) is 0. The number of halogens is 2. The standard InChI is InChI=1S/C15H17Br2NO3/c16-10-5-4-6-11(18(19)20)14(10)21-13-9-12(17)15(13)7-2-1-3-8-15/h4-6,12-13H,1-3,7-9H2. The van der Waals surface area contributed by atoms with Crippen LogP contribution in [0.2, 0.25) is 0 Å². The number of ether oxygens (including phenoxy) is 1. The highest BCUT2D eigenvalue weighted by molar-refractivity contribution is 9.10. The first-order valence-electron chi connectivity index (χ1n) is 7.28. The van der Waals surface area contributed by atoms with Crippen LogP contribution in [0.4, 0.5) is 5.69 Å². The summed E-state index contributed by atoms with van der Waals surface area (Å²) in [5, 5.41) is 11.2. The van der Waals surface area contributed by atoms with Crippen LogP contribution in [0.1, 0.15) is 38.5 Å². The zero-order valence-corrected chi connectivity index (χ0v) is 14.7. The van der Waals surface area contributed by atoms with Crippen LogP contribution in [0.5, 0.6) is 5.75 Å². The summed E-state index contributed by atoms with van der Waals surface area (Å²) in [7, 11) is 0. The van der Waals surface area contributed by atoms with Gasteiger partial charge in [0.2, 0.25) is 5.75 Å². The van der Waals surface area contributed by atoms with Gasteiger partial charge >= 0.3 is 5.69 Å². The van der Waals surface area contributed by atoms with Crippen LogP contribution in [-0.4, -0.2) is 15.9 Å². The highest BCUT2D eigenvalue weighted by atomic mass is 79.9.